The number of amides is 2. The minimum absolute atomic E-state index is 0.114. The number of fused-ring (bicyclic) bond motifs is 1. The maximum Gasteiger partial charge on any atom is 0.310 e. The van der Waals surface area contributed by atoms with E-state index in [1.54, 1.807) is 24.3 Å². The molecule has 7 heteroatoms. The van der Waals surface area contributed by atoms with Gasteiger partial charge in [-0.3, -0.25) is 14.4 Å². The summed E-state index contributed by atoms with van der Waals surface area (Å²) >= 11 is 1.24. The first-order valence-electron chi connectivity index (χ1n) is 9.57. The molecule has 0 aliphatic heterocycles. The molecule has 0 bridgehead atoms. The van der Waals surface area contributed by atoms with Crippen molar-refractivity contribution >= 4 is 35.2 Å². The van der Waals surface area contributed by atoms with E-state index in [1.807, 2.05) is 6.07 Å². The molecule has 0 heterocycles. The molecule has 3 rings (SSSR count). The molecule has 2 aromatic rings. The van der Waals surface area contributed by atoms with Gasteiger partial charge in [-0.2, -0.15) is 0 Å². The number of hydrogen-bond acceptors (Lipinski definition) is 5. The van der Waals surface area contributed by atoms with Crippen LogP contribution in [0.2, 0.25) is 0 Å². The van der Waals surface area contributed by atoms with E-state index >= 15 is 0 Å². The van der Waals surface area contributed by atoms with E-state index in [0.29, 0.717) is 5.69 Å². The first kappa shape index (κ1) is 20.9. The van der Waals surface area contributed by atoms with Gasteiger partial charge < -0.3 is 15.8 Å². The lowest BCUT2D eigenvalue weighted by molar-refractivity contribution is -0.146. The molecule has 0 saturated heterocycles. The summed E-state index contributed by atoms with van der Waals surface area (Å²) in [5.41, 5.74) is 9.30. The second-order valence-electron chi connectivity index (χ2n) is 6.95. The van der Waals surface area contributed by atoms with Crippen molar-refractivity contribution < 1.29 is 19.1 Å². The first-order valence-corrected chi connectivity index (χ1v) is 10.6. The van der Waals surface area contributed by atoms with Gasteiger partial charge >= 0.3 is 5.97 Å². The Morgan fingerprint density at radius 2 is 1.79 bits per heavy atom. The minimum Gasteiger partial charge on any atom is -0.455 e. The van der Waals surface area contributed by atoms with Gasteiger partial charge in [0.25, 0.3) is 5.91 Å². The Bertz CT molecular complexity index is 913. The van der Waals surface area contributed by atoms with Crippen LogP contribution in [0.15, 0.2) is 47.4 Å². The zero-order chi connectivity index (χ0) is 20.6. The molecule has 0 fully saturated rings. The molecule has 3 N–H and O–H groups in total. The maximum atomic E-state index is 12.2. The van der Waals surface area contributed by atoms with Crippen molar-refractivity contribution in [2.75, 3.05) is 17.7 Å². The van der Waals surface area contributed by atoms with Crippen LogP contribution in [0.3, 0.4) is 0 Å². The summed E-state index contributed by atoms with van der Waals surface area (Å²) in [6, 6.07) is 13.2. The van der Waals surface area contributed by atoms with Crippen molar-refractivity contribution in [2.24, 2.45) is 5.73 Å². The van der Waals surface area contributed by atoms with E-state index in [2.05, 4.69) is 17.4 Å². The number of para-hydroxylation sites is 1. The molecule has 0 radical (unpaired) electrons. The number of ether oxygens (including phenoxy) is 1. The lowest BCUT2D eigenvalue weighted by atomic mass is 9.90. The molecule has 29 heavy (non-hydrogen) atoms. The van der Waals surface area contributed by atoms with Crippen molar-refractivity contribution in [3.63, 3.8) is 0 Å². The van der Waals surface area contributed by atoms with E-state index in [9.17, 15) is 14.4 Å². The van der Waals surface area contributed by atoms with E-state index in [1.165, 1.54) is 35.7 Å². The zero-order valence-corrected chi connectivity index (χ0v) is 16.9. The number of hydrogen-bond donors (Lipinski definition) is 2. The smallest absolute Gasteiger partial charge is 0.310 e. The molecule has 152 valence electrons. The van der Waals surface area contributed by atoms with Crippen LogP contribution in [0, 0.1) is 0 Å². The van der Waals surface area contributed by atoms with E-state index in [-0.39, 0.29) is 18.8 Å². The van der Waals surface area contributed by atoms with Crippen LogP contribution in [0.1, 0.15) is 29.5 Å². The molecule has 6 nitrogen and oxygen atoms in total. The van der Waals surface area contributed by atoms with Crippen molar-refractivity contribution in [2.45, 2.75) is 37.0 Å². The number of nitrogens with two attached hydrogens (primary N) is 1. The van der Waals surface area contributed by atoms with E-state index in [0.717, 1.165) is 23.3 Å². The van der Waals surface area contributed by atoms with Gasteiger partial charge in [-0.25, -0.2) is 0 Å². The number of esters is 1. The highest BCUT2D eigenvalue weighted by Gasteiger charge is 2.14. The van der Waals surface area contributed by atoms with Crippen LogP contribution in [0.4, 0.5) is 5.69 Å². The Balaban J connectivity index is 1.49. The van der Waals surface area contributed by atoms with Gasteiger partial charge in [0.2, 0.25) is 5.91 Å². The largest absolute Gasteiger partial charge is 0.455 e. The fourth-order valence-corrected chi connectivity index (χ4v) is 4.04. The van der Waals surface area contributed by atoms with Crippen LogP contribution >= 0.6 is 11.8 Å². The monoisotopic (exact) mass is 412 g/mol. The third-order valence-electron chi connectivity index (χ3n) is 4.66. The molecule has 2 amide bonds. The average Bonchev–Trinajstić information content (AvgIpc) is 2.71. The topological polar surface area (TPSA) is 98.5 Å². The third-order valence-corrected chi connectivity index (χ3v) is 5.75. The van der Waals surface area contributed by atoms with E-state index < -0.39 is 17.8 Å². The normalized spacial score (nSPS) is 12.7. The summed E-state index contributed by atoms with van der Waals surface area (Å²) in [7, 11) is 0. The molecule has 0 aromatic heterocycles. The van der Waals surface area contributed by atoms with E-state index in [4.69, 9.17) is 10.5 Å². The van der Waals surface area contributed by atoms with Crippen LogP contribution < -0.4 is 11.1 Å². The summed E-state index contributed by atoms with van der Waals surface area (Å²) < 4.78 is 5.13. The summed E-state index contributed by atoms with van der Waals surface area (Å²) in [5.74, 6) is -1.20. The lowest BCUT2D eigenvalue weighted by Crippen LogP contribution is -2.22. The number of rotatable bonds is 8. The number of carbonyl (C=O) groups is 3. The molecule has 0 spiro atoms. The summed E-state index contributed by atoms with van der Waals surface area (Å²) in [6.45, 7) is -0.363. The highest BCUT2D eigenvalue weighted by Crippen LogP contribution is 2.26. The predicted octanol–water partition coefficient (Wildman–Crippen LogP) is 2.87. The van der Waals surface area contributed by atoms with Crippen LogP contribution in [-0.4, -0.2) is 30.1 Å². The summed E-state index contributed by atoms with van der Waals surface area (Å²) in [5, 5.41) is 2.71. The molecule has 0 unspecified atom stereocenters. The Morgan fingerprint density at radius 3 is 2.59 bits per heavy atom. The average molecular weight is 413 g/mol. The van der Waals surface area contributed by atoms with Crippen molar-refractivity contribution in [1.82, 2.24) is 0 Å². The van der Waals surface area contributed by atoms with Gasteiger partial charge in [0.1, 0.15) is 0 Å². The summed E-state index contributed by atoms with van der Waals surface area (Å²) in [6.07, 6.45) is 4.69. The SMILES string of the molecule is NC(=O)CSc1ccccc1NC(=O)COC(=O)Cc1ccc2c(c1)CCCC2. The number of nitrogens with one attached hydrogen (secondary N) is 1. The first-order chi connectivity index (χ1) is 14.0. The van der Waals surface area contributed by atoms with Gasteiger partial charge in [-0.1, -0.05) is 30.3 Å². The second-order valence-corrected chi connectivity index (χ2v) is 7.96. The Hall–Kier alpha value is -2.80. The molecular weight excluding hydrogens is 388 g/mol. The second kappa shape index (κ2) is 10.1. The number of benzene rings is 2. The number of primary amides is 1. The predicted molar refractivity (Wildman–Crippen MR) is 113 cm³/mol. The van der Waals surface area contributed by atoms with Gasteiger partial charge in [0.15, 0.2) is 6.61 Å². The Labute approximate surface area is 174 Å². The fourth-order valence-electron chi connectivity index (χ4n) is 3.29. The number of thioether (sulfide) groups is 1. The van der Waals surface area contributed by atoms with Crippen molar-refractivity contribution in [1.29, 1.82) is 0 Å². The van der Waals surface area contributed by atoms with Gasteiger partial charge in [-0.15, -0.1) is 11.8 Å². The molecular formula is C22H24N2O4S. The third kappa shape index (κ3) is 6.35. The lowest BCUT2D eigenvalue weighted by Gasteiger charge is -2.16. The fraction of sp³-hybridized carbons (Fsp3) is 0.318. The van der Waals surface area contributed by atoms with Crippen LogP contribution in [0.5, 0.6) is 0 Å². The van der Waals surface area contributed by atoms with Gasteiger partial charge in [0.05, 0.1) is 17.9 Å². The Kier molecular flexibility index (Phi) is 7.30. The van der Waals surface area contributed by atoms with Crippen molar-refractivity contribution in [3.8, 4) is 0 Å². The maximum absolute atomic E-state index is 12.2. The minimum atomic E-state index is -0.438. The molecule has 1 aliphatic carbocycles. The number of anilines is 1. The highest BCUT2D eigenvalue weighted by molar-refractivity contribution is 8.00. The Morgan fingerprint density at radius 1 is 1.03 bits per heavy atom. The molecule has 0 saturated carbocycles. The van der Waals surface area contributed by atoms with Crippen LogP contribution in [-0.2, 0) is 38.4 Å². The zero-order valence-electron chi connectivity index (χ0n) is 16.1. The molecule has 0 atom stereocenters. The molecule has 1 aliphatic rings. The quantitative estimate of drug-likeness (QED) is 0.513. The van der Waals surface area contributed by atoms with Crippen molar-refractivity contribution in [3.05, 3.63) is 59.2 Å². The molecule has 2 aromatic carbocycles. The van der Waals surface area contributed by atoms with Crippen LogP contribution in [0.25, 0.3) is 0 Å². The standard InChI is InChI=1S/C22H24N2O4S/c23-20(25)14-29-19-8-4-3-7-18(19)24-21(26)13-28-22(27)12-15-9-10-16-5-1-2-6-17(16)11-15/h3-4,7-11H,1-2,5-6,12-14H2,(H2,23,25)(H,24,26). The van der Waals surface area contributed by atoms with Gasteiger partial charge in [0, 0.05) is 4.90 Å². The number of carbonyl (C=O) groups excluding carboxylic acids is 3. The summed E-state index contributed by atoms with van der Waals surface area (Å²) in [4.78, 5) is 36.0. The number of aryl methyl sites for hydroxylation is 2. The van der Waals surface area contributed by atoms with Gasteiger partial charge in [-0.05, 0) is 54.5 Å². The highest BCUT2D eigenvalue weighted by atomic mass is 32.2.